The highest BCUT2D eigenvalue weighted by Gasteiger charge is 2.29. The van der Waals surface area contributed by atoms with Crippen LogP contribution in [0.25, 0.3) is 0 Å². The van der Waals surface area contributed by atoms with Crippen LogP contribution >= 0.6 is 11.8 Å². The van der Waals surface area contributed by atoms with E-state index < -0.39 is 5.25 Å². The van der Waals surface area contributed by atoms with Crippen molar-refractivity contribution >= 4 is 28.6 Å². The number of benzene rings is 1. The lowest BCUT2D eigenvalue weighted by atomic mass is 9.89. The van der Waals surface area contributed by atoms with Crippen molar-refractivity contribution in [1.82, 2.24) is 0 Å². The number of hydrogen-bond donors (Lipinski definition) is 1. The number of nitrogens with two attached hydrogens (primary N) is 1. The number of carbonyl (C=O) groups is 2. The van der Waals surface area contributed by atoms with Crippen molar-refractivity contribution in [2.24, 2.45) is 10.7 Å². The van der Waals surface area contributed by atoms with Crippen LogP contribution in [0.5, 0.6) is 0 Å². The number of thioether (sulfide) groups is 1. The molecule has 0 saturated heterocycles. The molecule has 0 aromatic heterocycles. The molecule has 1 aromatic carbocycles. The van der Waals surface area contributed by atoms with Crippen molar-refractivity contribution in [3.63, 3.8) is 0 Å². The Labute approximate surface area is 121 Å². The minimum atomic E-state index is -0.446. The van der Waals surface area contributed by atoms with Crippen LogP contribution in [-0.2, 0) is 17.6 Å². The zero-order valence-electron chi connectivity index (χ0n) is 11.1. The van der Waals surface area contributed by atoms with Gasteiger partial charge in [-0.05, 0) is 42.9 Å². The smallest absolute Gasteiger partial charge is 0.262 e. The van der Waals surface area contributed by atoms with E-state index in [4.69, 9.17) is 5.73 Å². The van der Waals surface area contributed by atoms with Gasteiger partial charge < -0.3 is 5.73 Å². The van der Waals surface area contributed by atoms with Gasteiger partial charge >= 0.3 is 0 Å². The summed E-state index contributed by atoms with van der Waals surface area (Å²) < 4.78 is 0. The number of nitrogens with zero attached hydrogens (tertiary/aromatic N) is 1. The number of aliphatic imine (C=N–C) groups is 1. The first-order valence-electron chi connectivity index (χ1n) is 6.83. The minimum Gasteiger partial charge on any atom is -0.378 e. The molecule has 4 nitrogen and oxygen atoms in total. The molecule has 0 unspecified atom stereocenters. The third kappa shape index (κ3) is 2.63. The molecule has 0 radical (unpaired) electrons. The van der Waals surface area contributed by atoms with Gasteiger partial charge in [-0.3, -0.25) is 9.59 Å². The van der Waals surface area contributed by atoms with E-state index in [2.05, 4.69) is 11.1 Å². The second kappa shape index (κ2) is 5.40. The molecule has 2 N–H and O–H groups in total. The number of fused-ring (bicyclic) bond motifs is 1. The van der Waals surface area contributed by atoms with E-state index in [9.17, 15) is 9.59 Å². The SMILES string of the molecule is NC1=NC(=O)[C@H](CC(=O)c2ccc3c(c2)CCCC3)S1. The Balaban J connectivity index is 1.73. The van der Waals surface area contributed by atoms with Crippen molar-refractivity contribution in [3.8, 4) is 0 Å². The van der Waals surface area contributed by atoms with Crippen LogP contribution in [0.1, 0.15) is 40.7 Å². The predicted molar refractivity (Wildman–Crippen MR) is 80.0 cm³/mol. The summed E-state index contributed by atoms with van der Waals surface area (Å²) in [4.78, 5) is 27.5. The van der Waals surface area contributed by atoms with Gasteiger partial charge in [0.15, 0.2) is 11.0 Å². The lowest BCUT2D eigenvalue weighted by Crippen LogP contribution is -2.17. The Hall–Kier alpha value is -1.62. The molecule has 2 aliphatic rings. The highest BCUT2D eigenvalue weighted by molar-refractivity contribution is 8.15. The lowest BCUT2D eigenvalue weighted by molar-refractivity contribution is -0.117. The Morgan fingerprint density at radius 3 is 2.75 bits per heavy atom. The van der Waals surface area contributed by atoms with Gasteiger partial charge in [0.05, 0.1) is 0 Å². The molecule has 3 rings (SSSR count). The summed E-state index contributed by atoms with van der Waals surface area (Å²) in [6, 6.07) is 5.92. The molecule has 0 fully saturated rings. The zero-order valence-corrected chi connectivity index (χ0v) is 11.9. The number of hydrogen-bond acceptors (Lipinski definition) is 4. The Bertz CT molecular complexity index is 610. The van der Waals surface area contributed by atoms with Gasteiger partial charge in [-0.1, -0.05) is 23.9 Å². The third-order valence-electron chi connectivity index (χ3n) is 3.80. The van der Waals surface area contributed by atoms with Gasteiger partial charge in [0.1, 0.15) is 5.25 Å². The monoisotopic (exact) mass is 288 g/mol. The molecule has 1 aliphatic carbocycles. The van der Waals surface area contributed by atoms with Crippen LogP contribution in [0.4, 0.5) is 0 Å². The molecule has 0 saturated carbocycles. The number of aryl methyl sites for hydroxylation is 2. The third-order valence-corrected chi connectivity index (χ3v) is 4.79. The van der Waals surface area contributed by atoms with Gasteiger partial charge in [0, 0.05) is 12.0 Å². The maximum atomic E-state index is 12.3. The predicted octanol–water partition coefficient (Wildman–Crippen LogP) is 2.09. The first-order chi connectivity index (χ1) is 9.63. The Kier molecular flexibility index (Phi) is 3.61. The van der Waals surface area contributed by atoms with Crippen molar-refractivity contribution in [3.05, 3.63) is 34.9 Å². The van der Waals surface area contributed by atoms with Gasteiger partial charge in [-0.25, -0.2) is 0 Å². The van der Waals surface area contributed by atoms with Gasteiger partial charge in [-0.15, -0.1) is 0 Å². The molecule has 0 spiro atoms. The summed E-state index contributed by atoms with van der Waals surface area (Å²) in [5.41, 5.74) is 8.83. The topological polar surface area (TPSA) is 72.5 Å². The largest absolute Gasteiger partial charge is 0.378 e. The number of ketones is 1. The summed E-state index contributed by atoms with van der Waals surface area (Å²) in [6.07, 6.45) is 4.73. The summed E-state index contributed by atoms with van der Waals surface area (Å²) in [6.45, 7) is 0. The van der Waals surface area contributed by atoms with E-state index in [0.29, 0.717) is 5.56 Å². The second-order valence-electron chi connectivity index (χ2n) is 5.21. The number of carbonyl (C=O) groups excluding carboxylic acids is 2. The van der Waals surface area contributed by atoms with E-state index in [0.717, 1.165) is 12.8 Å². The zero-order chi connectivity index (χ0) is 14.1. The van der Waals surface area contributed by atoms with E-state index in [-0.39, 0.29) is 23.3 Å². The second-order valence-corrected chi connectivity index (χ2v) is 6.44. The molecule has 1 amide bonds. The van der Waals surface area contributed by atoms with Gasteiger partial charge in [-0.2, -0.15) is 4.99 Å². The standard InChI is InChI=1S/C15H16N2O2S/c16-15-17-14(19)13(20-15)8-12(18)11-6-5-9-3-1-2-4-10(9)7-11/h5-7,13H,1-4,8H2,(H2,16,17,19)/t13-/m0/s1. The fourth-order valence-corrected chi connectivity index (χ4v) is 3.55. The highest BCUT2D eigenvalue weighted by atomic mass is 32.2. The summed E-state index contributed by atoms with van der Waals surface area (Å²) >= 11 is 1.18. The van der Waals surface area contributed by atoms with Gasteiger partial charge in [0.25, 0.3) is 5.91 Å². The Morgan fingerprint density at radius 2 is 2.05 bits per heavy atom. The molecule has 20 heavy (non-hydrogen) atoms. The van der Waals surface area contributed by atoms with Crippen LogP contribution < -0.4 is 5.73 Å². The molecule has 1 aromatic rings. The summed E-state index contributed by atoms with van der Waals surface area (Å²) in [5, 5.41) is -0.184. The molecule has 104 valence electrons. The first kappa shape index (κ1) is 13.4. The van der Waals surface area contributed by atoms with Crippen LogP contribution in [0.15, 0.2) is 23.2 Å². The molecule has 1 atom stereocenters. The fraction of sp³-hybridized carbons (Fsp3) is 0.400. The van der Waals surface area contributed by atoms with E-state index in [1.165, 1.54) is 35.7 Å². The Morgan fingerprint density at radius 1 is 1.30 bits per heavy atom. The van der Waals surface area contributed by atoms with Crippen molar-refractivity contribution < 1.29 is 9.59 Å². The molecule has 0 bridgehead atoms. The number of amides is 1. The number of rotatable bonds is 3. The molecular formula is C15H16N2O2S. The van der Waals surface area contributed by atoms with E-state index in [1.54, 1.807) is 0 Å². The molecule has 5 heteroatoms. The fourth-order valence-electron chi connectivity index (χ4n) is 2.73. The van der Waals surface area contributed by atoms with E-state index >= 15 is 0 Å². The molecule has 1 aliphatic heterocycles. The first-order valence-corrected chi connectivity index (χ1v) is 7.71. The van der Waals surface area contributed by atoms with Crippen molar-refractivity contribution in [2.45, 2.75) is 37.4 Å². The maximum absolute atomic E-state index is 12.3. The van der Waals surface area contributed by atoms with Crippen molar-refractivity contribution in [1.29, 1.82) is 0 Å². The average Bonchev–Trinajstić information content (AvgIpc) is 2.76. The highest BCUT2D eigenvalue weighted by Crippen LogP contribution is 2.26. The summed E-state index contributed by atoms with van der Waals surface area (Å²) in [5.74, 6) is -0.298. The molecular weight excluding hydrogens is 272 g/mol. The normalized spacial score (nSPS) is 21.5. The van der Waals surface area contributed by atoms with Gasteiger partial charge in [0.2, 0.25) is 0 Å². The number of amidine groups is 1. The van der Waals surface area contributed by atoms with Crippen LogP contribution in [0.2, 0.25) is 0 Å². The number of Topliss-reactive ketones (excluding diaryl/α,β-unsaturated/α-hetero) is 1. The van der Waals surface area contributed by atoms with Crippen LogP contribution in [0.3, 0.4) is 0 Å². The molecule has 1 heterocycles. The summed E-state index contributed by atoms with van der Waals surface area (Å²) in [7, 11) is 0. The maximum Gasteiger partial charge on any atom is 0.262 e. The minimum absolute atomic E-state index is 0.00544. The van der Waals surface area contributed by atoms with Crippen LogP contribution in [-0.4, -0.2) is 22.1 Å². The van der Waals surface area contributed by atoms with E-state index in [1.807, 2.05) is 12.1 Å². The lowest BCUT2D eigenvalue weighted by Gasteiger charge is -2.16. The quantitative estimate of drug-likeness (QED) is 0.864. The van der Waals surface area contributed by atoms with Crippen LogP contribution in [0, 0.1) is 0 Å². The average molecular weight is 288 g/mol. The van der Waals surface area contributed by atoms with Crippen molar-refractivity contribution in [2.75, 3.05) is 0 Å².